The lowest BCUT2D eigenvalue weighted by Gasteiger charge is -2.17. The Hall–Kier alpha value is -1.84. The molecule has 3 rings (SSSR count). The molecule has 0 radical (unpaired) electrons. The third-order valence-electron chi connectivity index (χ3n) is 4.00. The van der Waals surface area contributed by atoms with Crippen molar-refractivity contribution >= 4 is 17.0 Å². The average molecular weight is 258 g/mol. The highest BCUT2D eigenvalue weighted by atomic mass is 16.4. The van der Waals surface area contributed by atoms with Crippen LogP contribution in [-0.2, 0) is 0 Å². The second kappa shape index (κ2) is 4.68. The normalized spacial score (nSPS) is 16.7. The Morgan fingerprint density at radius 3 is 2.95 bits per heavy atom. The van der Waals surface area contributed by atoms with E-state index in [4.69, 9.17) is 0 Å². The Morgan fingerprint density at radius 2 is 2.32 bits per heavy atom. The van der Waals surface area contributed by atoms with Gasteiger partial charge in [0.15, 0.2) is 0 Å². The minimum Gasteiger partial charge on any atom is -0.478 e. The number of carboxylic acid groups (broad SMARTS) is 1. The van der Waals surface area contributed by atoms with Gasteiger partial charge >= 0.3 is 5.97 Å². The molecule has 1 unspecified atom stereocenters. The van der Waals surface area contributed by atoms with Crippen molar-refractivity contribution in [3.8, 4) is 0 Å². The van der Waals surface area contributed by atoms with E-state index in [1.165, 1.54) is 19.3 Å². The molecule has 4 nitrogen and oxygen atoms in total. The number of benzene rings is 1. The van der Waals surface area contributed by atoms with E-state index in [9.17, 15) is 9.90 Å². The van der Waals surface area contributed by atoms with Crippen LogP contribution in [0.1, 0.15) is 49.0 Å². The van der Waals surface area contributed by atoms with Crippen LogP contribution in [-0.4, -0.2) is 20.6 Å². The quantitative estimate of drug-likeness (QED) is 0.893. The third-order valence-corrected chi connectivity index (χ3v) is 4.00. The number of fused-ring (bicyclic) bond motifs is 1. The van der Waals surface area contributed by atoms with Crippen molar-refractivity contribution in [2.45, 2.75) is 38.6 Å². The molecule has 1 aliphatic carbocycles. The van der Waals surface area contributed by atoms with Gasteiger partial charge in [-0.3, -0.25) is 0 Å². The zero-order chi connectivity index (χ0) is 13.4. The van der Waals surface area contributed by atoms with Crippen molar-refractivity contribution in [1.29, 1.82) is 0 Å². The first-order valence-electron chi connectivity index (χ1n) is 6.89. The molecule has 0 saturated heterocycles. The molecule has 1 N–H and O–H groups in total. The lowest BCUT2D eigenvalue weighted by molar-refractivity contribution is 0.0699. The largest absolute Gasteiger partial charge is 0.478 e. The van der Waals surface area contributed by atoms with Crippen LogP contribution in [0.15, 0.2) is 24.5 Å². The number of aromatic carboxylic acids is 1. The van der Waals surface area contributed by atoms with Gasteiger partial charge in [0, 0.05) is 6.04 Å². The number of imidazole rings is 1. The lowest BCUT2D eigenvalue weighted by atomic mass is 10.1. The molecule has 1 fully saturated rings. The molecule has 2 aromatic rings. The number of carbonyl (C=O) groups is 1. The smallest absolute Gasteiger partial charge is 0.337 e. The summed E-state index contributed by atoms with van der Waals surface area (Å²) in [5.41, 5.74) is 1.83. The number of nitrogens with zero attached hydrogens (tertiary/aromatic N) is 2. The number of hydrogen-bond donors (Lipinski definition) is 1. The molecule has 0 amide bonds. The molecule has 0 spiro atoms. The van der Waals surface area contributed by atoms with Crippen molar-refractivity contribution in [1.82, 2.24) is 9.55 Å². The molecule has 19 heavy (non-hydrogen) atoms. The van der Waals surface area contributed by atoms with E-state index >= 15 is 0 Å². The summed E-state index contributed by atoms with van der Waals surface area (Å²) in [4.78, 5) is 15.5. The van der Waals surface area contributed by atoms with Crippen LogP contribution < -0.4 is 0 Å². The second-order valence-corrected chi connectivity index (χ2v) is 5.37. The van der Waals surface area contributed by atoms with Crippen LogP contribution >= 0.6 is 0 Å². The summed E-state index contributed by atoms with van der Waals surface area (Å²) >= 11 is 0. The van der Waals surface area contributed by atoms with Gasteiger partial charge in [-0.15, -0.1) is 0 Å². The molecule has 1 aliphatic rings. The van der Waals surface area contributed by atoms with Gasteiger partial charge in [0.2, 0.25) is 0 Å². The first-order valence-corrected chi connectivity index (χ1v) is 6.89. The summed E-state index contributed by atoms with van der Waals surface area (Å²) in [5, 5.41) is 9.19. The molecule has 4 heteroatoms. The standard InChI is InChI=1S/C15H18N2O2/c1-2-11(8-10-6-7-10)17-9-16-14-12(15(18)19)4-3-5-13(14)17/h3-5,9-11H,2,6-8H2,1H3,(H,18,19). The molecule has 1 aromatic heterocycles. The van der Waals surface area contributed by atoms with E-state index in [2.05, 4.69) is 16.5 Å². The maximum atomic E-state index is 11.2. The van der Waals surface area contributed by atoms with E-state index in [0.717, 1.165) is 17.9 Å². The van der Waals surface area contributed by atoms with Gasteiger partial charge in [0.25, 0.3) is 0 Å². The lowest BCUT2D eigenvalue weighted by Crippen LogP contribution is -2.08. The number of para-hydroxylation sites is 1. The minimum atomic E-state index is -0.911. The van der Waals surface area contributed by atoms with Gasteiger partial charge in [0.05, 0.1) is 17.4 Å². The van der Waals surface area contributed by atoms with E-state index in [1.807, 2.05) is 6.07 Å². The monoisotopic (exact) mass is 258 g/mol. The summed E-state index contributed by atoms with van der Waals surface area (Å²) in [6.07, 6.45) is 6.71. The summed E-state index contributed by atoms with van der Waals surface area (Å²) in [5.74, 6) is -0.0591. The highest BCUT2D eigenvalue weighted by molar-refractivity contribution is 6.00. The van der Waals surface area contributed by atoms with Gasteiger partial charge in [0.1, 0.15) is 5.52 Å². The average Bonchev–Trinajstić information content (AvgIpc) is 3.13. The molecule has 0 bridgehead atoms. The van der Waals surface area contributed by atoms with Gasteiger partial charge in [-0.1, -0.05) is 25.8 Å². The van der Waals surface area contributed by atoms with Crippen molar-refractivity contribution in [2.75, 3.05) is 0 Å². The molecule has 1 atom stereocenters. The highest BCUT2D eigenvalue weighted by Crippen LogP contribution is 2.38. The molecular weight excluding hydrogens is 240 g/mol. The van der Waals surface area contributed by atoms with E-state index in [0.29, 0.717) is 11.6 Å². The third kappa shape index (κ3) is 2.23. The first kappa shape index (κ1) is 12.2. The predicted octanol–water partition coefficient (Wildman–Crippen LogP) is 3.49. The van der Waals surface area contributed by atoms with Gasteiger partial charge in [-0.2, -0.15) is 0 Å². The van der Waals surface area contributed by atoms with Crippen LogP contribution in [0.4, 0.5) is 0 Å². The van der Waals surface area contributed by atoms with Crippen LogP contribution in [0.25, 0.3) is 11.0 Å². The summed E-state index contributed by atoms with van der Waals surface area (Å²) in [6, 6.07) is 5.81. The van der Waals surface area contributed by atoms with Crippen molar-refractivity contribution in [3.05, 3.63) is 30.1 Å². The molecule has 100 valence electrons. The SMILES string of the molecule is CCC(CC1CC1)n1cnc2c(C(=O)O)cccc21. The fourth-order valence-electron chi connectivity index (χ4n) is 2.74. The van der Waals surface area contributed by atoms with E-state index in [1.54, 1.807) is 18.5 Å². The zero-order valence-electron chi connectivity index (χ0n) is 11.0. The second-order valence-electron chi connectivity index (χ2n) is 5.37. The Morgan fingerprint density at radius 1 is 1.53 bits per heavy atom. The number of hydrogen-bond acceptors (Lipinski definition) is 2. The van der Waals surface area contributed by atoms with E-state index < -0.39 is 5.97 Å². The van der Waals surface area contributed by atoms with Crippen LogP contribution in [0.5, 0.6) is 0 Å². The summed E-state index contributed by atoms with van der Waals surface area (Å²) in [6.45, 7) is 2.18. The van der Waals surface area contributed by atoms with Gasteiger partial charge in [-0.25, -0.2) is 9.78 Å². The van der Waals surface area contributed by atoms with Gasteiger partial charge in [-0.05, 0) is 30.9 Å². The minimum absolute atomic E-state index is 0.289. The molecule has 1 aromatic carbocycles. The van der Waals surface area contributed by atoms with Crippen molar-refractivity contribution < 1.29 is 9.90 Å². The molecule has 1 saturated carbocycles. The highest BCUT2D eigenvalue weighted by Gasteiger charge is 2.26. The molecule has 0 aliphatic heterocycles. The summed E-state index contributed by atoms with van der Waals surface area (Å²) < 4.78 is 2.15. The maximum absolute atomic E-state index is 11.2. The van der Waals surface area contributed by atoms with Crippen LogP contribution in [0, 0.1) is 5.92 Å². The fourth-order valence-corrected chi connectivity index (χ4v) is 2.74. The molecule has 1 heterocycles. The van der Waals surface area contributed by atoms with Crippen molar-refractivity contribution in [3.63, 3.8) is 0 Å². The maximum Gasteiger partial charge on any atom is 0.337 e. The zero-order valence-corrected chi connectivity index (χ0v) is 11.0. The van der Waals surface area contributed by atoms with Crippen LogP contribution in [0.3, 0.4) is 0 Å². The topological polar surface area (TPSA) is 55.1 Å². The summed E-state index contributed by atoms with van der Waals surface area (Å²) in [7, 11) is 0. The van der Waals surface area contributed by atoms with Gasteiger partial charge < -0.3 is 9.67 Å². The van der Waals surface area contributed by atoms with Crippen molar-refractivity contribution in [2.24, 2.45) is 5.92 Å². The number of aromatic nitrogens is 2. The Labute approximate surface area is 112 Å². The van der Waals surface area contributed by atoms with E-state index in [-0.39, 0.29) is 5.56 Å². The Bertz CT molecular complexity index is 614. The fraction of sp³-hybridized carbons (Fsp3) is 0.467. The molecular formula is C15H18N2O2. The number of rotatable bonds is 5. The predicted molar refractivity (Wildman–Crippen MR) is 73.4 cm³/mol. The Balaban J connectivity index is 2.03. The van der Waals surface area contributed by atoms with Crippen LogP contribution in [0.2, 0.25) is 0 Å². The first-order chi connectivity index (χ1) is 9.20. The number of carboxylic acids is 1. The Kier molecular flexibility index (Phi) is 3.01.